The van der Waals surface area contributed by atoms with Crippen LogP contribution >= 0.6 is 0 Å². The van der Waals surface area contributed by atoms with E-state index in [9.17, 15) is 4.79 Å². The second-order valence-electron chi connectivity index (χ2n) is 2.96. The largest absolute Gasteiger partial charge is 0.366 e. The highest BCUT2D eigenvalue weighted by atomic mass is 16.1. The third-order valence-corrected chi connectivity index (χ3v) is 1.99. The fourth-order valence-corrected chi connectivity index (χ4v) is 1.00. The van der Waals surface area contributed by atoms with E-state index in [1.165, 1.54) is 0 Å². The molecular weight excluding hydrogens is 166 g/mol. The first-order chi connectivity index (χ1) is 6.11. The number of carbonyl (C=O) groups excluding carboxylic acids is 1. The van der Waals surface area contributed by atoms with E-state index in [0.717, 1.165) is 12.8 Å². The number of carbonyl (C=O) groups is 1. The van der Waals surface area contributed by atoms with Crippen LogP contribution in [0.3, 0.4) is 0 Å². The highest BCUT2D eigenvalue weighted by Gasteiger charge is 2.01. The molecule has 0 heterocycles. The summed E-state index contributed by atoms with van der Waals surface area (Å²) in [5.74, 6) is -0.342. The average molecular weight is 185 g/mol. The molecule has 0 spiro atoms. The first kappa shape index (κ1) is 12.1. The Balaban J connectivity index is 3.76. The van der Waals surface area contributed by atoms with Crippen LogP contribution in [0.4, 0.5) is 0 Å². The van der Waals surface area contributed by atoms with Crippen LogP contribution in [0.25, 0.3) is 0 Å². The Morgan fingerprint density at radius 3 is 2.38 bits per heavy atom. The minimum Gasteiger partial charge on any atom is -0.366 e. The number of hydrogen-bond acceptors (Lipinski definition) is 3. The Morgan fingerprint density at radius 2 is 2.00 bits per heavy atom. The van der Waals surface area contributed by atoms with E-state index in [1.807, 2.05) is 20.2 Å². The van der Waals surface area contributed by atoms with Gasteiger partial charge in [-0.15, -0.1) is 0 Å². The van der Waals surface area contributed by atoms with Gasteiger partial charge in [0.25, 0.3) is 0 Å². The highest BCUT2D eigenvalue weighted by Crippen LogP contribution is 1.99. The van der Waals surface area contributed by atoms with Crippen molar-refractivity contribution < 1.29 is 4.79 Å². The van der Waals surface area contributed by atoms with Crippen molar-refractivity contribution in [3.63, 3.8) is 0 Å². The normalized spacial score (nSPS) is 12.2. The van der Waals surface area contributed by atoms with Crippen molar-refractivity contribution in [1.82, 2.24) is 10.6 Å². The fourth-order valence-electron chi connectivity index (χ4n) is 1.00. The van der Waals surface area contributed by atoms with E-state index in [2.05, 4.69) is 10.6 Å². The maximum atomic E-state index is 10.6. The topological polar surface area (TPSA) is 67.1 Å². The quantitative estimate of drug-likeness (QED) is 0.402. The molecule has 0 aliphatic rings. The predicted molar refractivity (Wildman–Crippen MR) is 54.1 cm³/mol. The minimum absolute atomic E-state index is 0.289. The summed E-state index contributed by atoms with van der Waals surface area (Å²) in [6, 6.07) is 0. The fraction of sp³-hybridized carbons (Fsp3) is 0.667. The van der Waals surface area contributed by atoms with Gasteiger partial charge in [0.15, 0.2) is 0 Å². The summed E-state index contributed by atoms with van der Waals surface area (Å²) >= 11 is 0. The van der Waals surface area contributed by atoms with Gasteiger partial charge in [-0.25, -0.2) is 0 Å². The maximum Gasteiger partial charge on any atom is 0.244 e. The average Bonchev–Trinajstić information content (AvgIpc) is 2.12. The monoisotopic (exact) mass is 185 g/mol. The lowest BCUT2D eigenvalue weighted by atomic mass is 10.2. The zero-order chi connectivity index (χ0) is 10.3. The van der Waals surface area contributed by atoms with Crippen LogP contribution in [0, 0.1) is 0 Å². The summed E-state index contributed by atoms with van der Waals surface area (Å²) in [5.41, 5.74) is 5.71. The molecule has 0 aromatic carbocycles. The van der Waals surface area contributed by atoms with Gasteiger partial charge in [-0.05, 0) is 33.9 Å². The first-order valence-corrected chi connectivity index (χ1v) is 4.43. The minimum atomic E-state index is -0.342. The molecule has 4 N–H and O–H groups in total. The molecule has 4 nitrogen and oxygen atoms in total. The summed E-state index contributed by atoms with van der Waals surface area (Å²) in [4.78, 5) is 10.6. The zero-order valence-electron chi connectivity index (χ0n) is 8.55. The van der Waals surface area contributed by atoms with Gasteiger partial charge in [0.2, 0.25) is 5.91 Å². The lowest BCUT2D eigenvalue weighted by Crippen LogP contribution is -2.37. The van der Waals surface area contributed by atoms with Crippen LogP contribution in [0.1, 0.15) is 19.8 Å². The molecule has 0 rings (SSSR count). The second kappa shape index (κ2) is 6.62. The number of nitrogens with one attached hydrogen (secondary N) is 2. The standard InChI is InChI=1S/C9H19N3O/c1-7(9(10)13)5-4-6-8(11-2)12-3/h5,8,11-12H,4,6H2,1-3H3,(H2,10,13). The Bertz CT molecular complexity index is 185. The van der Waals surface area contributed by atoms with E-state index in [1.54, 1.807) is 6.92 Å². The van der Waals surface area contributed by atoms with Gasteiger partial charge in [0, 0.05) is 5.57 Å². The molecular formula is C9H19N3O. The molecule has 0 aliphatic heterocycles. The maximum absolute atomic E-state index is 10.6. The Kier molecular flexibility index (Phi) is 6.18. The molecule has 0 aliphatic carbocycles. The first-order valence-electron chi connectivity index (χ1n) is 4.43. The van der Waals surface area contributed by atoms with Crippen molar-refractivity contribution in [2.75, 3.05) is 14.1 Å². The van der Waals surface area contributed by atoms with Crippen LogP contribution in [0.5, 0.6) is 0 Å². The van der Waals surface area contributed by atoms with E-state index in [-0.39, 0.29) is 12.1 Å². The van der Waals surface area contributed by atoms with Crippen LogP contribution in [-0.2, 0) is 4.79 Å². The van der Waals surface area contributed by atoms with Crippen molar-refractivity contribution in [2.45, 2.75) is 25.9 Å². The molecule has 0 bridgehead atoms. The van der Waals surface area contributed by atoms with Crippen molar-refractivity contribution >= 4 is 5.91 Å². The van der Waals surface area contributed by atoms with Gasteiger partial charge in [-0.1, -0.05) is 6.08 Å². The van der Waals surface area contributed by atoms with Gasteiger partial charge in [0.05, 0.1) is 6.17 Å². The van der Waals surface area contributed by atoms with E-state index < -0.39 is 0 Å². The van der Waals surface area contributed by atoms with Gasteiger partial charge in [0.1, 0.15) is 0 Å². The summed E-state index contributed by atoms with van der Waals surface area (Å²) < 4.78 is 0. The Morgan fingerprint density at radius 1 is 1.46 bits per heavy atom. The van der Waals surface area contributed by atoms with Crippen LogP contribution in [0.2, 0.25) is 0 Å². The van der Waals surface area contributed by atoms with Crippen LogP contribution < -0.4 is 16.4 Å². The van der Waals surface area contributed by atoms with Crippen molar-refractivity contribution in [3.05, 3.63) is 11.6 Å². The molecule has 0 aromatic rings. The zero-order valence-corrected chi connectivity index (χ0v) is 8.55. The molecule has 4 heteroatoms. The van der Waals surface area contributed by atoms with Gasteiger partial charge in [-0.2, -0.15) is 0 Å². The number of primary amides is 1. The summed E-state index contributed by atoms with van der Waals surface area (Å²) in [5, 5.41) is 6.20. The third kappa shape index (κ3) is 5.38. The molecule has 0 aromatic heterocycles. The molecule has 0 unspecified atom stereocenters. The smallest absolute Gasteiger partial charge is 0.244 e. The van der Waals surface area contributed by atoms with Crippen molar-refractivity contribution in [2.24, 2.45) is 5.73 Å². The predicted octanol–water partition coefficient (Wildman–Crippen LogP) is -0.0369. The van der Waals surface area contributed by atoms with E-state index in [0.29, 0.717) is 5.57 Å². The number of allylic oxidation sites excluding steroid dienone is 1. The summed E-state index contributed by atoms with van der Waals surface area (Å²) in [6.45, 7) is 1.73. The molecule has 0 saturated carbocycles. The molecule has 0 saturated heterocycles. The van der Waals surface area contributed by atoms with Crippen LogP contribution in [-0.4, -0.2) is 26.2 Å². The lowest BCUT2D eigenvalue weighted by Gasteiger charge is -2.13. The van der Waals surface area contributed by atoms with E-state index in [4.69, 9.17) is 5.73 Å². The van der Waals surface area contributed by atoms with Crippen LogP contribution in [0.15, 0.2) is 11.6 Å². The molecule has 0 radical (unpaired) electrons. The van der Waals surface area contributed by atoms with Gasteiger partial charge in [-0.3, -0.25) is 4.79 Å². The van der Waals surface area contributed by atoms with Crippen molar-refractivity contribution in [3.8, 4) is 0 Å². The summed E-state index contributed by atoms with van der Waals surface area (Å²) in [6.07, 6.45) is 3.94. The second-order valence-corrected chi connectivity index (χ2v) is 2.96. The third-order valence-electron chi connectivity index (χ3n) is 1.99. The molecule has 76 valence electrons. The number of hydrogen-bond donors (Lipinski definition) is 3. The van der Waals surface area contributed by atoms with Gasteiger partial charge < -0.3 is 16.4 Å². The molecule has 13 heavy (non-hydrogen) atoms. The number of nitrogens with two attached hydrogens (primary N) is 1. The Labute approximate surface area is 79.6 Å². The number of rotatable bonds is 6. The highest BCUT2D eigenvalue weighted by molar-refractivity contribution is 5.91. The van der Waals surface area contributed by atoms with Gasteiger partial charge >= 0.3 is 0 Å². The molecule has 1 amide bonds. The number of amides is 1. The lowest BCUT2D eigenvalue weighted by molar-refractivity contribution is -0.114. The Hall–Kier alpha value is -0.870. The van der Waals surface area contributed by atoms with Crippen molar-refractivity contribution in [1.29, 1.82) is 0 Å². The molecule has 0 fully saturated rings. The SMILES string of the molecule is CNC(CCC=C(C)C(N)=O)NC. The molecule has 0 atom stereocenters. The summed E-state index contributed by atoms with van der Waals surface area (Å²) in [7, 11) is 3.79. The van der Waals surface area contributed by atoms with E-state index >= 15 is 0 Å².